The molecule has 1 atom stereocenters. The Labute approximate surface area is 182 Å². The zero-order valence-electron chi connectivity index (χ0n) is 18.2. The first-order valence-electron chi connectivity index (χ1n) is 10.9. The Hall–Kier alpha value is -2.90. The molecular weight excluding hydrogens is 392 g/mol. The summed E-state index contributed by atoms with van der Waals surface area (Å²) in [5.74, 6) is 0.556. The van der Waals surface area contributed by atoms with Crippen molar-refractivity contribution in [2.75, 3.05) is 40.0 Å². The minimum Gasteiger partial charge on any atom is -0.494 e. The number of benzene rings is 2. The van der Waals surface area contributed by atoms with Crippen LogP contribution in [-0.2, 0) is 11.3 Å². The molecule has 0 unspecified atom stereocenters. The van der Waals surface area contributed by atoms with Crippen molar-refractivity contribution < 1.29 is 14.3 Å². The first-order valence-corrected chi connectivity index (χ1v) is 10.9. The van der Waals surface area contributed by atoms with Gasteiger partial charge in [0.05, 0.1) is 32.9 Å². The molecule has 7 heteroatoms. The Morgan fingerprint density at radius 1 is 1.13 bits per heavy atom. The van der Waals surface area contributed by atoms with Crippen molar-refractivity contribution in [3.63, 3.8) is 0 Å². The number of para-hydroxylation sites is 1. The minimum atomic E-state index is -0.168. The fourth-order valence-electron chi connectivity index (χ4n) is 4.09. The summed E-state index contributed by atoms with van der Waals surface area (Å²) in [4.78, 5) is 15.6. The quantitative estimate of drug-likeness (QED) is 0.604. The fraction of sp³-hybridized carbons (Fsp3) is 0.417. The van der Waals surface area contributed by atoms with Crippen LogP contribution in [-0.4, -0.2) is 60.5 Å². The van der Waals surface area contributed by atoms with E-state index in [4.69, 9.17) is 14.6 Å². The molecule has 1 aromatic heterocycles. The van der Waals surface area contributed by atoms with E-state index in [-0.39, 0.29) is 11.9 Å². The van der Waals surface area contributed by atoms with Crippen molar-refractivity contribution in [2.45, 2.75) is 25.9 Å². The first kappa shape index (κ1) is 21.3. The van der Waals surface area contributed by atoms with Gasteiger partial charge in [0.15, 0.2) is 5.69 Å². The van der Waals surface area contributed by atoms with Crippen LogP contribution in [0, 0.1) is 0 Å². The highest BCUT2D eigenvalue weighted by atomic mass is 16.5. The predicted molar refractivity (Wildman–Crippen MR) is 120 cm³/mol. The SMILES string of the molecule is CC[C@H](NC(=O)c1nn(CCN2CCOCC2)c2c(OC)cccc12)c1ccccc1. The van der Waals surface area contributed by atoms with Crippen LogP contribution in [0.5, 0.6) is 5.75 Å². The number of methoxy groups -OCH3 is 1. The van der Waals surface area contributed by atoms with Crippen LogP contribution < -0.4 is 10.1 Å². The highest BCUT2D eigenvalue weighted by Crippen LogP contribution is 2.29. The van der Waals surface area contributed by atoms with Gasteiger partial charge in [-0.1, -0.05) is 49.4 Å². The largest absolute Gasteiger partial charge is 0.494 e. The Morgan fingerprint density at radius 3 is 2.61 bits per heavy atom. The summed E-state index contributed by atoms with van der Waals surface area (Å²) in [6, 6.07) is 15.7. The molecule has 0 spiro atoms. The number of nitrogens with zero attached hydrogens (tertiary/aromatic N) is 3. The third kappa shape index (κ3) is 4.73. The van der Waals surface area contributed by atoms with Gasteiger partial charge in [0, 0.05) is 25.0 Å². The third-order valence-corrected chi connectivity index (χ3v) is 5.82. The summed E-state index contributed by atoms with van der Waals surface area (Å²) in [6.07, 6.45) is 0.800. The molecule has 31 heavy (non-hydrogen) atoms. The van der Waals surface area contributed by atoms with Crippen LogP contribution in [0.4, 0.5) is 0 Å². The van der Waals surface area contributed by atoms with Crippen LogP contribution in [0.15, 0.2) is 48.5 Å². The van der Waals surface area contributed by atoms with Gasteiger partial charge in [0.25, 0.3) is 5.91 Å². The topological polar surface area (TPSA) is 68.6 Å². The van der Waals surface area contributed by atoms with Gasteiger partial charge in [-0.2, -0.15) is 5.10 Å². The van der Waals surface area contributed by atoms with Gasteiger partial charge in [-0.3, -0.25) is 14.4 Å². The van der Waals surface area contributed by atoms with Crippen molar-refractivity contribution in [3.8, 4) is 5.75 Å². The predicted octanol–water partition coefficient (Wildman–Crippen LogP) is 3.26. The third-order valence-electron chi connectivity index (χ3n) is 5.82. The summed E-state index contributed by atoms with van der Waals surface area (Å²) in [5, 5.41) is 8.70. The van der Waals surface area contributed by atoms with Crippen LogP contribution in [0.2, 0.25) is 0 Å². The molecule has 7 nitrogen and oxygen atoms in total. The molecule has 2 aromatic carbocycles. The average Bonchev–Trinajstić information content (AvgIpc) is 3.21. The second-order valence-electron chi connectivity index (χ2n) is 7.73. The van der Waals surface area contributed by atoms with Crippen molar-refractivity contribution in [1.82, 2.24) is 20.0 Å². The molecule has 1 N–H and O–H groups in total. The van der Waals surface area contributed by atoms with Crippen molar-refractivity contribution in [1.29, 1.82) is 0 Å². The minimum absolute atomic E-state index is 0.0622. The van der Waals surface area contributed by atoms with Crippen molar-refractivity contribution in [2.24, 2.45) is 0 Å². The maximum atomic E-state index is 13.3. The van der Waals surface area contributed by atoms with Gasteiger partial charge >= 0.3 is 0 Å². The van der Waals surface area contributed by atoms with E-state index < -0.39 is 0 Å². The molecule has 1 fully saturated rings. The van der Waals surface area contributed by atoms with Crippen LogP contribution in [0.25, 0.3) is 10.9 Å². The monoisotopic (exact) mass is 422 g/mol. The number of rotatable bonds is 8. The summed E-state index contributed by atoms with van der Waals surface area (Å²) in [5.41, 5.74) is 2.38. The number of fused-ring (bicyclic) bond motifs is 1. The van der Waals surface area contributed by atoms with E-state index in [9.17, 15) is 4.79 Å². The molecule has 4 rings (SSSR count). The number of morpholine rings is 1. The molecule has 0 radical (unpaired) electrons. The first-order chi connectivity index (χ1) is 15.2. The van der Waals surface area contributed by atoms with Gasteiger partial charge in [-0.15, -0.1) is 0 Å². The lowest BCUT2D eigenvalue weighted by atomic mass is 10.0. The van der Waals surface area contributed by atoms with Gasteiger partial charge in [-0.05, 0) is 18.1 Å². The number of hydrogen-bond donors (Lipinski definition) is 1. The molecule has 164 valence electrons. The highest BCUT2D eigenvalue weighted by molar-refractivity contribution is 6.06. The summed E-state index contributed by atoms with van der Waals surface area (Å²) >= 11 is 0. The average molecular weight is 423 g/mol. The normalized spacial score (nSPS) is 15.7. The lowest BCUT2D eigenvalue weighted by Crippen LogP contribution is -2.38. The van der Waals surface area contributed by atoms with Gasteiger partial charge in [0.1, 0.15) is 11.3 Å². The summed E-state index contributed by atoms with van der Waals surface area (Å²) < 4.78 is 12.9. The molecule has 1 amide bonds. The molecule has 2 heterocycles. The number of nitrogens with one attached hydrogen (secondary N) is 1. The van der Waals surface area contributed by atoms with Gasteiger partial charge < -0.3 is 14.8 Å². The highest BCUT2D eigenvalue weighted by Gasteiger charge is 2.23. The molecule has 1 aliphatic rings. The van der Waals surface area contributed by atoms with E-state index in [0.717, 1.165) is 61.5 Å². The number of carbonyl (C=O) groups is 1. The van der Waals surface area contributed by atoms with Crippen LogP contribution in [0.1, 0.15) is 35.4 Å². The number of carbonyl (C=O) groups excluding carboxylic acids is 1. The van der Waals surface area contributed by atoms with Crippen molar-refractivity contribution >= 4 is 16.8 Å². The molecule has 0 saturated carbocycles. The van der Waals surface area contributed by atoms with E-state index in [2.05, 4.69) is 17.1 Å². The molecular formula is C24H30N4O3. The Balaban J connectivity index is 1.61. The number of hydrogen-bond acceptors (Lipinski definition) is 5. The van der Waals surface area contributed by atoms with Gasteiger partial charge in [0.2, 0.25) is 0 Å². The summed E-state index contributed by atoms with van der Waals surface area (Å²) in [7, 11) is 1.65. The molecule has 0 bridgehead atoms. The fourth-order valence-corrected chi connectivity index (χ4v) is 4.09. The Kier molecular flexibility index (Phi) is 6.84. The number of amides is 1. The van der Waals surface area contributed by atoms with E-state index in [0.29, 0.717) is 12.2 Å². The maximum Gasteiger partial charge on any atom is 0.272 e. The number of ether oxygens (including phenoxy) is 2. The van der Waals surface area contributed by atoms with E-state index in [1.54, 1.807) is 7.11 Å². The lowest BCUT2D eigenvalue weighted by molar-refractivity contribution is 0.0361. The Bertz CT molecular complexity index is 1010. The van der Waals surface area contributed by atoms with Crippen LogP contribution in [0.3, 0.4) is 0 Å². The maximum absolute atomic E-state index is 13.3. The van der Waals surface area contributed by atoms with E-state index >= 15 is 0 Å². The Morgan fingerprint density at radius 2 is 1.90 bits per heavy atom. The molecule has 0 aliphatic carbocycles. The smallest absolute Gasteiger partial charge is 0.272 e. The lowest BCUT2D eigenvalue weighted by Gasteiger charge is -2.26. The second kappa shape index (κ2) is 9.94. The van der Waals surface area contributed by atoms with Crippen LogP contribution >= 0.6 is 0 Å². The summed E-state index contributed by atoms with van der Waals surface area (Å²) in [6.45, 7) is 6.95. The molecule has 1 saturated heterocycles. The number of aromatic nitrogens is 2. The van der Waals surface area contributed by atoms with Gasteiger partial charge in [-0.25, -0.2) is 0 Å². The zero-order chi connectivity index (χ0) is 21.6. The van der Waals surface area contributed by atoms with Crippen molar-refractivity contribution in [3.05, 3.63) is 59.8 Å². The molecule has 1 aliphatic heterocycles. The second-order valence-corrected chi connectivity index (χ2v) is 7.73. The molecule has 3 aromatic rings. The van der Waals surface area contributed by atoms with E-state index in [1.807, 2.05) is 53.2 Å². The van der Waals surface area contributed by atoms with E-state index in [1.165, 1.54) is 0 Å². The zero-order valence-corrected chi connectivity index (χ0v) is 18.2. The standard InChI is InChI=1S/C24H30N4O3/c1-3-20(18-8-5-4-6-9-18)25-24(29)22-19-10-7-11-21(30-2)23(19)28(26-22)13-12-27-14-16-31-17-15-27/h4-11,20H,3,12-17H2,1-2H3,(H,25,29)/t20-/m0/s1.